The van der Waals surface area contributed by atoms with Crippen LogP contribution in [-0.2, 0) is 9.59 Å². The number of rotatable bonds is 9. The Kier molecular flexibility index (Phi) is 8.59. The summed E-state index contributed by atoms with van der Waals surface area (Å²) in [5.41, 5.74) is 1.30. The maximum Gasteiger partial charge on any atom is 0.256 e. The number of anilines is 2. The summed E-state index contributed by atoms with van der Waals surface area (Å²) in [4.78, 5) is 32.3. The monoisotopic (exact) mass is 514 g/mol. The van der Waals surface area contributed by atoms with Gasteiger partial charge in [-0.15, -0.1) is 0 Å². The molecular formula is C26H31ClN4O3S. The highest BCUT2D eigenvalue weighted by Crippen LogP contribution is 2.29. The lowest BCUT2D eigenvalue weighted by Crippen LogP contribution is -2.40. The molecule has 0 spiro atoms. The first kappa shape index (κ1) is 25.4. The molecule has 2 aliphatic heterocycles. The fourth-order valence-corrected chi connectivity index (χ4v) is 5.16. The number of nitrogens with one attached hydrogen (secondary N) is 1. The molecule has 2 aromatic rings. The minimum Gasteiger partial charge on any atom is -0.497 e. The van der Waals surface area contributed by atoms with Crippen molar-refractivity contribution < 1.29 is 14.3 Å². The maximum absolute atomic E-state index is 13.5. The molecule has 2 saturated heterocycles. The molecule has 7 nitrogen and oxygen atoms in total. The highest BCUT2D eigenvalue weighted by molar-refractivity contribution is 7.80. The van der Waals surface area contributed by atoms with Gasteiger partial charge in [0.25, 0.3) is 5.91 Å². The zero-order chi connectivity index (χ0) is 24.8. The van der Waals surface area contributed by atoms with E-state index in [1.54, 1.807) is 55.6 Å². The number of carbonyl (C=O) groups excluding carboxylic acids is 2. The predicted molar refractivity (Wildman–Crippen MR) is 143 cm³/mol. The number of amides is 2. The van der Waals surface area contributed by atoms with Gasteiger partial charge in [0.2, 0.25) is 5.91 Å². The fourth-order valence-electron chi connectivity index (χ4n) is 4.62. The Balaban J connectivity index is 1.46. The van der Waals surface area contributed by atoms with Gasteiger partial charge in [-0.2, -0.15) is 0 Å². The maximum atomic E-state index is 13.5. The summed E-state index contributed by atoms with van der Waals surface area (Å²) < 4.78 is 5.17. The van der Waals surface area contributed by atoms with Crippen LogP contribution in [0.2, 0.25) is 5.02 Å². The number of halogens is 1. The van der Waals surface area contributed by atoms with Crippen molar-refractivity contribution in [3.8, 4) is 5.75 Å². The normalized spacial score (nSPS) is 18.7. The van der Waals surface area contributed by atoms with Gasteiger partial charge in [-0.1, -0.05) is 18.0 Å². The van der Waals surface area contributed by atoms with E-state index in [-0.39, 0.29) is 18.2 Å². The molecule has 2 aromatic carbocycles. The summed E-state index contributed by atoms with van der Waals surface area (Å²) in [5, 5.41) is 3.90. The Morgan fingerprint density at radius 3 is 2.40 bits per heavy atom. The molecule has 2 heterocycles. The SMILES string of the molecule is COc1ccc(NC(=O)C[C@H]2C(=O)N(c3ccc(Cl)cc3)C(=S)N2CCCN2CCCCC2)cc1. The first-order valence-electron chi connectivity index (χ1n) is 12.0. The predicted octanol–water partition coefficient (Wildman–Crippen LogP) is 4.56. The third-order valence-electron chi connectivity index (χ3n) is 6.48. The second kappa shape index (κ2) is 11.8. The van der Waals surface area contributed by atoms with E-state index in [9.17, 15) is 9.59 Å². The van der Waals surface area contributed by atoms with Crippen molar-refractivity contribution in [1.29, 1.82) is 0 Å². The molecular weight excluding hydrogens is 484 g/mol. The zero-order valence-electron chi connectivity index (χ0n) is 19.9. The number of nitrogens with zero attached hydrogens (tertiary/aromatic N) is 3. The van der Waals surface area contributed by atoms with Crippen LogP contribution in [0.25, 0.3) is 0 Å². The lowest BCUT2D eigenvalue weighted by molar-refractivity contribution is -0.124. The minimum absolute atomic E-state index is 0.0127. The van der Waals surface area contributed by atoms with Crippen LogP contribution >= 0.6 is 23.8 Å². The highest BCUT2D eigenvalue weighted by atomic mass is 35.5. The Labute approximate surface area is 217 Å². The van der Waals surface area contributed by atoms with Gasteiger partial charge in [0.1, 0.15) is 11.8 Å². The second-order valence-electron chi connectivity index (χ2n) is 8.88. The van der Waals surface area contributed by atoms with Crippen molar-refractivity contribution in [2.45, 2.75) is 38.1 Å². The number of thiocarbonyl (C=S) groups is 1. The highest BCUT2D eigenvalue weighted by Gasteiger charge is 2.43. The van der Waals surface area contributed by atoms with Gasteiger partial charge in [0, 0.05) is 17.3 Å². The summed E-state index contributed by atoms with van der Waals surface area (Å²) >= 11 is 11.8. The first-order chi connectivity index (χ1) is 17.0. The summed E-state index contributed by atoms with van der Waals surface area (Å²) in [6.07, 6.45) is 4.65. The van der Waals surface area contributed by atoms with Crippen LogP contribution in [0.3, 0.4) is 0 Å². The molecule has 0 radical (unpaired) electrons. The number of ether oxygens (including phenoxy) is 1. The van der Waals surface area contributed by atoms with Crippen molar-refractivity contribution in [2.24, 2.45) is 0 Å². The molecule has 1 N–H and O–H groups in total. The van der Waals surface area contributed by atoms with Crippen LogP contribution in [0.5, 0.6) is 5.75 Å². The van der Waals surface area contributed by atoms with Crippen molar-refractivity contribution in [3.63, 3.8) is 0 Å². The van der Waals surface area contributed by atoms with E-state index in [2.05, 4.69) is 10.2 Å². The fraction of sp³-hybridized carbons (Fsp3) is 0.423. The zero-order valence-corrected chi connectivity index (χ0v) is 21.5. The van der Waals surface area contributed by atoms with Crippen molar-refractivity contribution in [3.05, 3.63) is 53.6 Å². The van der Waals surface area contributed by atoms with Gasteiger partial charge >= 0.3 is 0 Å². The molecule has 9 heteroatoms. The molecule has 0 aromatic heterocycles. The lowest BCUT2D eigenvalue weighted by atomic mass is 10.1. The van der Waals surface area contributed by atoms with E-state index in [4.69, 9.17) is 28.6 Å². The minimum atomic E-state index is -0.655. The van der Waals surface area contributed by atoms with E-state index < -0.39 is 6.04 Å². The topological polar surface area (TPSA) is 65.1 Å². The van der Waals surface area contributed by atoms with Crippen LogP contribution in [-0.4, -0.2) is 66.1 Å². The average molecular weight is 515 g/mol. The quantitative estimate of drug-likeness (QED) is 0.495. The summed E-state index contributed by atoms with van der Waals surface area (Å²) in [6.45, 7) is 3.81. The molecule has 2 fully saturated rings. The van der Waals surface area contributed by atoms with Crippen LogP contribution in [0.1, 0.15) is 32.1 Å². The molecule has 0 bridgehead atoms. The van der Waals surface area contributed by atoms with Gasteiger partial charge < -0.3 is 19.9 Å². The largest absolute Gasteiger partial charge is 0.497 e. The number of hydrogen-bond donors (Lipinski definition) is 1. The smallest absolute Gasteiger partial charge is 0.256 e. The molecule has 0 aliphatic carbocycles. The molecule has 2 aliphatic rings. The Morgan fingerprint density at radius 2 is 1.74 bits per heavy atom. The number of hydrogen-bond acceptors (Lipinski definition) is 5. The molecule has 35 heavy (non-hydrogen) atoms. The van der Waals surface area contributed by atoms with E-state index in [1.807, 2.05) is 4.90 Å². The lowest BCUT2D eigenvalue weighted by Gasteiger charge is -2.28. The summed E-state index contributed by atoms with van der Waals surface area (Å²) in [6, 6.07) is 13.5. The van der Waals surface area contributed by atoms with Gasteiger partial charge in [0.15, 0.2) is 5.11 Å². The number of methoxy groups -OCH3 is 1. The Morgan fingerprint density at radius 1 is 1.06 bits per heavy atom. The molecule has 2 amide bonds. The molecule has 186 valence electrons. The van der Waals surface area contributed by atoms with Crippen molar-refractivity contribution in [1.82, 2.24) is 9.80 Å². The van der Waals surface area contributed by atoms with Crippen LogP contribution in [0.4, 0.5) is 11.4 Å². The van der Waals surface area contributed by atoms with Gasteiger partial charge in [-0.3, -0.25) is 14.5 Å². The van der Waals surface area contributed by atoms with Gasteiger partial charge in [-0.25, -0.2) is 0 Å². The summed E-state index contributed by atoms with van der Waals surface area (Å²) in [5.74, 6) is 0.272. The summed E-state index contributed by atoms with van der Waals surface area (Å²) in [7, 11) is 1.59. The van der Waals surface area contributed by atoms with Gasteiger partial charge in [-0.05, 0) is 99.6 Å². The van der Waals surface area contributed by atoms with Crippen LogP contribution in [0, 0.1) is 0 Å². The Hall–Kier alpha value is -2.68. The van der Waals surface area contributed by atoms with E-state index in [0.717, 1.165) is 26.1 Å². The average Bonchev–Trinajstić information content (AvgIpc) is 3.09. The number of piperidine rings is 1. The van der Waals surface area contributed by atoms with E-state index in [1.165, 1.54) is 24.2 Å². The molecule has 0 unspecified atom stereocenters. The van der Waals surface area contributed by atoms with E-state index >= 15 is 0 Å². The van der Waals surface area contributed by atoms with E-state index in [0.29, 0.717) is 33.8 Å². The number of carbonyl (C=O) groups is 2. The van der Waals surface area contributed by atoms with Crippen molar-refractivity contribution in [2.75, 3.05) is 43.5 Å². The number of likely N-dealkylation sites (tertiary alicyclic amines) is 1. The standard InChI is InChI=1S/C26H31ClN4O3S/c1-34-22-12-8-20(9-13-22)28-24(32)18-23-25(33)31(21-10-6-19(27)7-11-21)26(35)30(23)17-5-16-29-14-3-2-4-15-29/h6-13,23H,2-5,14-18H2,1H3,(H,28,32)/t23-/m0/s1. The molecule has 4 rings (SSSR count). The Bertz CT molecular complexity index is 1040. The number of benzene rings is 2. The van der Waals surface area contributed by atoms with Gasteiger partial charge in [0.05, 0.1) is 19.2 Å². The third-order valence-corrected chi connectivity index (χ3v) is 7.15. The first-order valence-corrected chi connectivity index (χ1v) is 12.8. The second-order valence-corrected chi connectivity index (χ2v) is 9.68. The molecule has 1 atom stereocenters. The molecule has 0 saturated carbocycles. The third kappa shape index (κ3) is 6.31. The van der Waals surface area contributed by atoms with Crippen LogP contribution in [0.15, 0.2) is 48.5 Å². The van der Waals surface area contributed by atoms with Crippen molar-refractivity contribution >= 4 is 52.1 Å². The van der Waals surface area contributed by atoms with Crippen LogP contribution < -0.4 is 15.0 Å².